The highest BCUT2D eigenvalue weighted by atomic mass is 16.5. The molecule has 2 saturated heterocycles. The van der Waals surface area contributed by atoms with Gasteiger partial charge in [-0.2, -0.15) is 0 Å². The predicted octanol–water partition coefficient (Wildman–Crippen LogP) is 0.449. The summed E-state index contributed by atoms with van der Waals surface area (Å²) in [5, 5.41) is 7.49. The highest BCUT2D eigenvalue weighted by Crippen LogP contribution is 2.34. The van der Waals surface area contributed by atoms with Crippen LogP contribution >= 0.6 is 0 Å². The van der Waals surface area contributed by atoms with Gasteiger partial charge in [-0.3, -0.25) is 14.9 Å². The lowest BCUT2D eigenvalue weighted by Crippen LogP contribution is -2.46. The first kappa shape index (κ1) is 16.4. The van der Waals surface area contributed by atoms with Crippen molar-refractivity contribution in [1.82, 2.24) is 16.0 Å². The monoisotopic (exact) mass is 331 g/mol. The molecule has 0 radical (unpaired) electrons. The smallest absolute Gasteiger partial charge is 0.322 e. The number of hydrogen-bond acceptors (Lipinski definition) is 4. The van der Waals surface area contributed by atoms with E-state index in [1.807, 2.05) is 18.2 Å². The molecule has 4 amide bonds. The van der Waals surface area contributed by atoms with Crippen LogP contribution in [0, 0.1) is 0 Å². The lowest BCUT2D eigenvalue weighted by Gasteiger charge is -2.38. The van der Waals surface area contributed by atoms with E-state index >= 15 is 0 Å². The molecule has 3 rings (SSSR count). The largest absolute Gasteiger partial charge is 0.381 e. The van der Waals surface area contributed by atoms with Crippen LogP contribution in [0.25, 0.3) is 0 Å². The molecule has 1 aromatic carbocycles. The molecule has 2 heterocycles. The number of hydrogen-bond donors (Lipinski definition) is 3. The minimum atomic E-state index is -0.792. The molecule has 7 heteroatoms. The molecule has 0 aliphatic carbocycles. The molecule has 0 bridgehead atoms. The third kappa shape index (κ3) is 3.56. The van der Waals surface area contributed by atoms with Crippen LogP contribution in [-0.2, 0) is 19.7 Å². The summed E-state index contributed by atoms with van der Waals surface area (Å²) in [5.74, 6) is -0.710. The lowest BCUT2D eigenvalue weighted by atomic mass is 9.74. The number of imide groups is 1. The highest BCUT2D eigenvalue weighted by molar-refractivity contribution is 6.05. The van der Waals surface area contributed by atoms with E-state index in [-0.39, 0.29) is 17.7 Å². The van der Waals surface area contributed by atoms with E-state index in [9.17, 15) is 14.4 Å². The van der Waals surface area contributed by atoms with Gasteiger partial charge in [0.2, 0.25) is 5.91 Å². The molecule has 0 aromatic heterocycles. The van der Waals surface area contributed by atoms with Crippen LogP contribution in [-0.4, -0.2) is 43.6 Å². The summed E-state index contributed by atoms with van der Waals surface area (Å²) in [6, 6.07) is 8.75. The second-order valence-corrected chi connectivity index (χ2v) is 6.25. The Labute approximate surface area is 140 Å². The van der Waals surface area contributed by atoms with E-state index in [0.29, 0.717) is 19.8 Å². The molecule has 0 saturated carbocycles. The van der Waals surface area contributed by atoms with Crippen molar-refractivity contribution >= 4 is 17.8 Å². The lowest BCUT2D eigenvalue weighted by molar-refractivity contribution is -0.126. The fourth-order valence-corrected chi connectivity index (χ4v) is 3.25. The van der Waals surface area contributed by atoms with Gasteiger partial charge in [-0.15, -0.1) is 0 Å². The van der Waals surface area contributed by atoms with E-state index in [1.165, 1.54) is 5.56 Å². The summed E-state index contributed by atoms with van der Waals surface area (Å²) in [7, 11) is 0. The van der Waals surface area contributed by atoms with Crippen molar-refractivity contribution in [3.8, 4) is 0 Å². The summed E-state index contributed by atoms with van der Waals surface area (Å²) >= 11 is 0. The Kier molecular flexibility index (Phi) is 4.80. The minimum Gasteiger partial charge on any atom is -0.381 e. The Morgan fingerprint density at radius 3 is 2.54 bits per heavy atom. The zero-order valence-electron chi connectivity index (χ0n) is 13.3. The van der Waals surface area contributed by atoms with E-state index in [2.05, 4.69) is 28.1 Å². The van der Waals surface area contributed by atoms with Gasteiger partial charge in [0.25, 0.3) is 5.91 Å². The quantitative estimate of drug-likeness (QED) is 0.683. The SMILES string of the molecule is O=C(CC1NC(=O)NC1=O)NCC1(c2ccccc2)CCOCC1. The minimum absolute atomic E-state index is 0.0566. The number of amides is 4. The van der Waals surface area contributed by atoms with Crippen molar-refractivity contribution in [2.24, 2.45) is 0 Å². The fraction of sp³-hybridized carbons (Fsp3) is 0.471. The molecule has 128 valence electrons. The first-order valence-electron chi connectivity index (χ1n) is 8.10. The maximum absolute atomic E-state index is 12.2. The molecule has 1 aromatic rings. The predicted molar refractivity (Wildman–Crippen MR) is 86.3 cm³/mol. The third-order valence-electron chi connectivity index (χ3n) is 4.71. The number of nitrogens with one attached hydrogen (secondary N) is 3. The van der Waals surface area contributed by atoms with Gasteiger partial charge in [0.15, 0.2) is 0 Å². The van der Waals surface area contributed by atoms with Crippen molar-refractivity contribution in [2.45, 2.75) is 30.7 Å². The zero-order valence-corrected chi connectivity index (χ0v) is 13.3. The molecular formula is C17H21N3O4. The first-order valence-corrected chi connectivity index (χ1v) is 8.10. The highest BCUT2D eigenvalue weighted by Gasteiger charge is 2.36. The van der Waals surface area contributed by atoms with Gasteiger partial charge in [0.05, 0.1) is 6.42 Å². The Morgan fingerprint density at radius 2 is 1.92 bits per heavy atom. The van der Waals surface area contributed by atoms with E-state index in [0.717, 1.165) is 12.8 Å². The van der Waals surface area contributed by atoms with E-state index in [1.54, 1.807) is 0 Å². The van der Waals surface area contributed by atoms with Crippen LogP contribution in [0.1, 0.15) is 24.8 Å². The number of carbonyl (C=O) groups is 3. The second-order valence-electron chi connectivity index (χ2n) is 6.25. The topological polar surface area (TPSA) is 96.5 Å². The third-order valence-corrected chi connectivity index (χ3v) is 4.71. The maximum Gasteiger partial charge on any atom is 0.322 e. The van der Waals surface area contributed by atoms with Crippen molar-refractivity contribution in [2.75, 3.05) is 19.8 Å². The van der Waals surface area contributed by atoms with E-state index in [4.69, 9.17) is 4.74 Å². The molecule has 2 aliphatic rings. The number of urea groups is 1. The fourth-order valence-electron chi connectivity index (χ4n) is 3.25. The Hall–Kier alpha value is -2.41. The Morgan fingerprint density at radius 1 is 1.21 bits per heavy atom. The van der Waals surface area contributed by atoms with Crippen molar-refractivity contribution in [3.63, 3.8) is 0 Å². The number of carbonyl (C=O) groups excluding carboxylic acids is 3. The zero-order chi connectivity index (χ0) is 17.0. The summed E-state index contributed by atoms with van der Waals surface area (Å²) < 4.78 is 5.47. The molecule has 7 nitrogen and oxygen atoms in total. The van der Waals surface area contributed by atoms with Crippen LogP contribution in [0.15, 0.2) is 30.3 Å². The van der Waals surface area contributed by atoms with Crippen LogP contribution in [0.3, 0.4) is 0 Å². The normalized spacial score (nSPS) is 22.6. The first-order chi connectivity index (χ1) is 11.6. The van der Waals surface area contributed by atoms with Crippen LogP contribution in [0.5, 0.6) is 0 Å². The molecule has 1 atom stereocenters. The van der Waals surface area contributed by atoms with Gasteiger partial charge in [-0.05, 0) is 18.4 Å². The Bertz CT molecular complexity index is 626. The van der Waals surface area contributed by atoms with Crippen LogP contribution < -0.4 is 16.0 Å². The number of benzene rings is 1. The molecular weight excluding hydrogens is 310 g/mol. The Balaban J connectivity index is 1.63. The molecule has 1 unspecified atom stereocenters. The second kappa shape index (κ2) is 7.00. The molecule has 2 aliphatic heterocycles. The van der Waals surface area contributed by atoms with Gasteiger partial charge in [-0.1, -0.05) is 30.3 Å². The van der Waals surface area contributed by atoms with Gasteiger partial charge in [0.1, 0.15) is 6.04 Å². The number of ether oxygens (including phenoxy) is 1. The average molecular weight is 331 g/mol. The van der Waals surface area contributed by atoms with Gasteiger partial charge < -0.3 is 15.4 Å². The van der Waals surface area contributed by atoms with E-state index < -0.39 is 18.0 Å². The van der Waals surface area contributed by atoms with Crippen LogP contribution in [0.2, 0.25) is 0 Å². The van der Waals surface area contributed by atoms with Gasteiger partial charge in [-0.25, -0.2) is 4.79 Å². The summed E-state index contributed by atoms with van der Waals surface area (Å²) in [4.78, 5) is 34.8. The molecule has 2 fully saturated rings. The average Bonchev–Trinajstić information content (AvgIpc) is 2.92. The summed E-state index contributed by atoms with van der Waals surface area (Å²) in [6.07, 6.45) is 1.61. The van der Waals surface area contributed by atoms with Crippen molar-refractivity contribution < 1.29 is 19.1 Å². The molecule has 24 heavy (non-hydrogen) atoms. The molecule has 3 N–H and O–H groups in total. The van der Waals surface area contributed by atoms with Crippen molar-refractivity contribution in [3.05, 3.63) is 35.9 Å². The van der Waals surface area contributed by atoms with Crippen molar-refractivity contribution in [1.29, 1.82) is 0 Å². The van der Waals surface area contributed by atoms with Gasteiger partial charge in [0, 0.05) is 25.2 Å². The van der Waals surface area contributed by atoms with Crippen LogP contribution in [0.4, 0.5) is 4.79 Å². The number of rotatable bonds is 5. The molecule has 0 spiro atoms. The summed E-state index contributed by atoms with van der Waals surface area (Å²) in [5.41, 5.74) is 1.02. The summed E-state index contributed by atoms with van der Waals surface area (Å²) in [6.45, 7) is 1.80. The standard InChI is InChI=1S/C17H21N3O4/c21-14(10-13-15(22)20-16(23)19-13)18-11-17(6-8-24-9-7-17)12-4-2-1-3-5-12/h1-5,13H,6-11H2,(H,18,21)(H2,19,20,22,23). The maximum atomic E-state index is 12.2. The van der Waals surface area contributed by atoms with Gasteiger partial charge >= 0.3 is 6.03 Å².